The minimum Gasteiger partial charge on any atom is -0.469 e. The molecule has 0 unspecified atom stereocenters. The molecule has 0 saturated carbocycles. The Bertz CT molecular complexity index is 617. The number of carbonyl (C=O) groups is 1. The van der Waals surface area contributed by atoms with Crippen molar-refractivity contribution in [2.75, 3.05) is 11.9 Å². The maximum atomic E-state index is 12.2. The lowest BCUT2D eigenvalue weighted by Gasteiger charge is -2.16. The zero-order valence-corrected chi connectivity index (χ0v) is 11.5. The Kier molecular flexibility index (Phi) is 3.66. The summed E-state index contributed by atoms with van der Waals surface area (Å²) in [4.78, 5) is 14.1. The first-order valence-corrected chi connectivity index (χ1v) is 6.13. The summed E-state index contributed by atoms with van der Waals surface area (Å²) in [5.74, 6) is 0.584. The van der Waals surface area contributed by atoms with Gasteiger partial charge in [0.15, 0.2) is 0 Å². The number of benzene rings is 1. The van der Waals surface area contributed by atoms with Crippen molar-refractivity contribution in [1.29, 1.82) is 0 Å². The zero-order chi connectivity index (χ0) is 14.0. The third kappa shape index (κ3) is 2.82. The van der Waals surface area contributed by atoms with Gasteiger partial charge in [-0.25, -0.2) is 0 Å². The summed E-state index contributed by atoms with van der Waals surface area (Å²) >= 11 is 4.89. The SMILES string of the molecule is Cc1cc(C(=O)N(C)c2ccc(C(N)=S)cc2)co1. The minimum absolute atomic E-state index is 0.125. The fourth-order valence-electron chi connectivity index (χ4n) is 1.72. The quantitative estimate of drug-likeness (QED) is 0.874. The molecule has 0 atom stereocenters. The van der Waals surface area contributed by atoms with Crippen LogP contribution in [0.2, 0.25) is 0 Å². The highest BCUT2D eigenvalue weighted by Crippen LogP contribution is 2.17. The number of carbonyl (C=O) groups excluding carboxylic acids is 1. The number of anilines is 1. The number of nitrogens with two attached hydrogens (primary N) is 1. The number of aryl methyl sites for hydroxylation is 1. The molecular formula is C14H14N2O2S. The highest BCUT2D eigenvalue weighted by atomic mass is 32.1. The van der Waals surface area contributed by atoms with Gasteiger partial charge in [0, 0.05) is 18.3 Å². The van der Waals surface area contributed by atoms with Crippen LogP contribution in [0.5, 0.6) is 0 Å². The number of hydrogen-bond acceptors (Lipinski definition) is 3. The van der Waals surface area contributed by atoms with Gasteiger partial charge in [-0.05, 0) is 37.3 Å². The molecule has 0 saturated heterocycles. The molecule has 0 fully saturated rings. The molecule has 5 heteroatoms. The second kappa shape index (κ2) is 5.24. The van der Waals surface area contributed by atoms with Crippen LogP contribution in [0, 0.1) is 6.92 Å². The largest absolute Gasteiger partial charge is 0.469 e. The van der Waals surface area contributed by atoms with Crippen molar-refractivity contribution in [3.8, 4) is 0 Å². The van der Waals surface area contributed by atoms with Crippen LogP contribution >= 0.6 is 12.2 Å². The van der Waals surface area contributed by atoms with E-state index in [1.165, 1.54) is 6.26 Å². The van der Waals surface area contributed by atoms with E-state index in [2.05, 4.69) is 0 Å². The smallest absolute Gasteiger partial charge is 0.261 e. The van der Waals surface area contributed by atoms with Crippen LogP contribution in [0.15, 0.2) is 41.0 Å². The van der Waals surface area contributed by atoms with Crippen LogP contribution in [-0.4, -0.2) is 17.9 Å². The molecule has 2 aromatic rings. The molecule has 19 heavy (non-hydrogen) atoms. The van der Waals surface area contributed by atoms with E-state index in [9.17, 15) is 4.79 Å². The fraction of sp³-hybridized carbons (Fsp3) is 0.143. The molecule has 0 bridgehead atoms. The maximum absolute atomic E-state index is 12.2. The van der Waals surface area contributed by atoms with Crippen LogP contribution < -0.4 is 10.6 Å². The van der Waals surface area contributed by atoms with Gasteiger partial charge in [-0.15, -0.1) is 0 Å². The molecule has 1 amide bonds. The van der Waals surface area contributed by atoms with E-state index < -0.39 is 0 Å². The minimum atomic E-state index is -0.125. The van der Waals surface area contributed by atoms with E-state index in [1.54, 1.807) is 49.2 Å². The Labute approximate surface area is 116 Å². The van der Waals surface area contributed by atoms with Crippen LogP contribution in [0.3, 0.4) is 0 Å². The highest BCUT2D eigenvalue weighted by molar-refractivity contribution is 7.80. The van der Waals surface area contributed by atoms with Crippen molar-refractivity contribution in [3.63, 3.8) is 0 Å². The van der Waals surface area contributed by atoms with Crippen molar-refractivity contribution in [1.82, 2.24) is 0 Å². The van der Waals surface area contributed by atoms with Gasteiger partial charge >= 0.3 is 0 Å². The molecular weight excluding hydrogens is 260 g/mol. The van der Waals surface area contributed by atoms with Crippen LogP contribution in [0.1, 0.15) is 21.7 Å². The standard InChI is InChI=1S/C14H14N2O2S/c1-9-7-11(8-18-9)14(17)16(2)12-5-3-10(4-6-12)13(15)19/h3-8H,1-2H3,(H2,15,19). The average molecular weight is 274 g/mol. The van der Waals surface area contributed by atoms with Crippen LogP contribution in [0.4, 0.5) is 5.69 Å². The van der Waals surface area contributed by atoms with Crippen LogP contribution in [-0.2, 0) is 0 Å². The maximum Gasteiger partial charge on any atom is 0.261 e. The number of thiocarbonyl (C=S) groups is 1. The molecule has 2 N–H and O–H groups in total. The summed E-state index contributed by atoms with van der Waals surface area (Å²) in [6.07, 6.45) is 1.46. The molecule has 1 aromatic carbocycles. The average Bonchev–Trinajstić information content (AvgIpc) is 2.84. The Morgan fingerprint density at radius 1 is 1.26 bits per heavy atom. The summed E-state index contributed by atoms with van der Waals surface area (Å²) < 4.78 is 5.14. The predicted molar refractivity (Wildman–Crippen MR) is 78.5 cm³/mol. The van der Waals surface area contributed by atoms with Crippen molar-refractivity contribution >= 4 is 28.8 Å². The first-order valence-electron chi connectivity index (χ1n) is 5.72. The fourth-order valence-corrected chi connectivity index (χ4v) is 1.85. The molecule has 4 nitrogen and oxygen atoms in total. The molecule has 2 rings (SSSR count). The monoisotopic (exact) mass is 274 g/mol. The van der Waals surface area contributed by atoms with Crippen molar-refractivity contribution in [3.05, 3.63) is 53.5 Å². The van der Waals surface area contributed by atoms with Gasteiger partial charge in [0.1, 0.15) is 17.0 Å². The lowest BCUT2D eigenvalue weighted by Crippen LogP contribution is -2.25. The lowest BCUT2D eigenvalue weighted by atomic mass is 10.2. The van der Waals surface area contributed by atoms with E-state index in [4.69, 9.17) is 22.4 Å². The van der Waals surface area contributed by atoms with Gasteiger partial charge < -0.3 is 15.1 Å². The first-order chi connectivity index (χ1) is 8.99. The zero-order valence-electron chi connectivity index (χ0n) is 10.7. The number of nitrogens with zero attached hydrogens (tertiary/aromatic N) is 1. The van der Waals surface area contributed by atoms with E-state index in [1.807, 2.05) is 0 Å². The van der Waals surface area contributed by atoms with Gasteiger partial charge in [0.2, 0.25) is 0 Å². The van der Waals surface area contributed by atoms with E-state index >= 15 is 0 Å². The lowest BCUT2D eigenvalue weighted by molar-refractivity contribution is 0.0992. The third-order valence-electron chi connectivity index (χ3n) is 2.82. The summed E-state index contributed by atoms with van der Waals surface area (Å²) in [7, 11) is 1.71. The normalized spacial score (nSPS) is 10.2. The Morgan fingerprint density at radius 3 is 2.37 bits per heavy atom. The molecule has 1 aromatic heterocycles. The molecule has 0 aliphatic carbocycles. The van der Waals surface area contributed by atoms with E-state index in [0.717, 1.165) is 11.3 Å². The molecule has 1 heterocycles. The molecule has 98 valence electrons. The van der Waals surface area contributed by atoms with E-state index in [0.29, 0.717) is 16.3 Å². The first kappa shape index (κ1) is 13.3. The van der Waals surface area contributed by atoms with Gasteiger partial charge in [-0.3, -0.25) is 4.79 Å². The number of amides is 1. The summed E-state index contributed by atoms with van der Waals surface area (Å²) in [5, 5.41) is 0. The van der Waals surface area contributed by atoms with E-state index in [-0.39, 0.29) is 5.91 Å². The molecule has 0 aliphatic rings. The Balaban J connectivity index is 2.21. The number of furan rings is 1. The van der Waals surface area contributed by atoms with Crippen molar-refractivity contribution in [2.45, 2.75) is 6.92 Å². The molecule has 0 spiro atoms. The second-order valence-electron chi connectivity index (χ2n) is 4.22. The number of rotatable bonds is 3. The molecule has 0 radical (unpaired) electrons. The van der Waals surface area contributed by atoms with Gasteiger partial charge in [-0.1, -0.05) is 12.2 Å². The third-order valence-corrected chi connectivity index (χ3v) is 3.06. The summed E-state index contributed by atoms with van der Waals surface area (Å²) in [6.45, 7) is 1.80. The van der Waals surface area contributed by atoms with Gasteiger partial charge in [0.05, 0.1) is 5.56 Å². The van der Waals surface area contributed by atoms with Gasteiger partial charge in [0.25, 0.3) is 5.91 Å². The number of hydrogen-bond donors (Lipinski definition) is 1. The second-order valence-corrected chi connectivity index (χ2v) is 4.66. The van der Waals surface area contributed by atoms with Crippen LogP contribution in [0.25, 0.3) is 0 Å². The summed E-state index contributed by atoms with van der Waals surface area (Å²) in [5.41, 5.74) is 7.60. The molecule has 0 aliphatic heterocycles. The van der Waals surface area contributed by atoms with Crippen molar-refractivity contribution in [2.24, 2.45) is 5.73 Å². The van der Waals surface area contributed by atoms with Gasteiger partial charge in [-0.2, -0.15) is 0 Å². The topological polar surface area (TPSA) is 59.5 Å². The highest BCUT2D eigenvalue weighted by Gasteiger charge is 2.15. The summed E-state index contributed by atoms with van der Waals surface area (Å²) in [6, 6.07) is 8.91. The van der Waals surface area contributed by atoms with Crippen molar-refractivity contribution < 1.29 is 9.21 Å². The Morgan fingerprint density at radius 2 is 1.89 bits per heavy atom. The predicted octanol–water partition coefficient (Wildman–Crippen LogP) is 2.50. The Hall–Kier alpha value is -2.14.